The summed E-state index contributed by atoms with van der Waals surface area (Å²) in [5.74, 6) is -0.380. The van der Waals surface area contributed by atoms with Crippen molar-refractivity contribution < 1.29 is 24.2 Å². The number of ether oxygens (including phenoxy) is 1. The number of rotatable bonds is 9. The molecular formula is C24H36N6O5. The van der Waals surface area contributed by atoms with Crippen molar-refractivity contribution in [1.82, 2.24) is 15.5 Å². The number of carboxylic acid groups (broad SMARTS) is 1. The molecule has 1 aromatic carbocycles. The Hall–Kier alpha value is -3.50. The molecule has 1 aromatic rings. The zero-order valence-corrected chi connectivity index (χ0v) is 20.5. The minimum atomic E-state index is -1.19. The highest BCUT2D eigenvalue weighted by molar-refractivity contribution is 5.94. The predicted octanol–water partition coefficient (Wildman–Crippen LogP) is 1.71. The SMILES string of the molecule is CC(C)COC(=O)N[C@@H](CCC(=O)N1CCN(c2cccc(NC3=NCCCN3)c2)CC1)C(=O)O. The number of aliphatic imine (C=N–C) groups is 1. The van der Waals surface area contributed by atoms with Crippen LogP contribution in [0.3, 0.4) is 0 Å². The van der Waals surface area contributed by atoms with E-state index in [2.05, 4.69) is 31.9 Å². The van der Waals surface area contributed by atoms with E-state index in [1.165, 1.54) is 0 Å². The predicted molar refractivity (Wildman–Crippen MR) is 134 cm³/mol. The number of carboxylic acids is 1. The van der Waals surface area contributed by atoms with Crippen molar-refractivity contribution in [2.24, 2.45) is 10.9 Å². The van der Waals surface area contributed by atoms with E-state index in [0.717, 1.165) is 36.8 Å². The van der Waals surface area contributed by atoms with Gasteiger partial charge in [-0.3, -0.25) is 9.79 Å². The van der Waals surface area contributed by atoms with Gasteiger partial charge in [0.25, 0.3) is 0 Å². The lowest BCUT2D eigenvalue weighted by atomic mass is 10.1. The van der Waals surface area contributed by atoms with Crippen LogP contribution in [-0.4, -0.2) is 85.9 Å². The van der Waals surface area contributed by atoms with Gasteiger partial charge in [0, 0.05) is 57.1 Å². The Bertz CT molecular complexity index is 913. The largest absolute Gasteiger partial charge is 0.480 e. The number of nitrogens with zero attached hydrogens (tertiary/aromatic N) is 3. The van der Waals surface area contributed by atoms with Crippen molar-refractivity contribution in [2.45, 2.75) is 39.2 Å². The summed E-state index contributed by atoms with van der Waals surface area (Å²) >= 11 is 0. The van der Waals surface area contributed by atoms with Crippen LogP contribution in [0, 0.1) is 5.92 Å². The van der Waals surface area contributed by atoms with Gasteiger partial charge in [-0.25, -0.2) is 9.59 Å². The van der Waals surface area contributed by atoms with Gasteiger partial charge in [0.05, 0.1) is 6.61 Å². The van der Waals surface area contributed by atoms with Crippen molar-refractivity contribution >= 4 is 35.3 Å². The summed E-state index contributed by atoms with van der Waals surface area (Å²) in [5, 5.41) is 18.3. The summed E-state index contributed by atoms with van der Waals surface area (Å²) in [6.45, 7) is 8.15. The molecule has 1 atom stereocenters. The molecule has 0 aliphatic carbocycles. The minimum absolute atomic E-state index is 0.0107. The number of aliphatic carboxylic acids is 1. The Labute approximate surface area is 205 Å². The molecule has 1 fully saturated rings. The Morgan fingerprint density at radius 1 is 1.20 bits per heavy atom. The maximum Gasteiger partial charge on any atom is 0.407 e. The van der Waals surface area contributed by atoms with Gasteiger partial charge in [-0.2, -0.15) is 0 Å². The summed E-state index contributed by atoms with van der Waals surface area (Å²) in [7, 11) is 0. The lowest BCUT2D eigenvalue weighted by Gasteiger charge is -2.36. The van der Waals surface area contributed by atoms with E-state index in [1.807, 2.05) is 32.0 Å². The fraction of sp³-hybridized carbons (Fsp3) is 0.583. The summed E-state index contributed by atoms with van der Waals surface area (Å²) < 4.78 is 4.98. The number of anilines is 2. The van der Waals surface area contributed by atoms with E-state index in [-0.39, 0.29) is 31.3 Å². The first-order valence-electron chi connectivity index (χ1n) is 12.2. The van der Waals surface area contributed by atoms with Crippen molar-refractivity contribution in [3.05, 3.63) is 24.3 Å². The maximum atomic E-state index is 12.7. The first kappa shape index (κ1) is 26.1. The van der Waals surface area contributed by atoms with E-state index < -0.39 is 18.1 Å². The zero-order chi connectivity index (χ0) is 25.2. The Morgan fingerprint density at radius 2 is 1.97 bits per heavy atom. The molecule has 0 aromatic heterocycles. The summed E-state index contributed by atoms with van der Waals surface area (Å²) in [6.07, 6.45) is 0.300. The second kappa shape index (κ2) is 12.8. The van der Waals surface area contributed by atoms with Crippen molar-refractivity contribution in [3.63, 3.8) is 0 Å². The van der Waals surface area contributed by atoms with Gasteiger partial charge in [-0.15, -0.1) is 0 Å². The second-order valence-electron chi connectivity index (χ2n) is 9.12. The van der Waals surface area contributed by atoms with Crippen LogP contribution in [0.4, 0.5) is 16.2 Å². The molecule has 3 rings (SSSR count). The van der Waals surface area contributed by atoms with E-state index >= 15 is 0 Å². The zero-order valence-electron chi connectivity index (χ0n) is 20.5. The van der Waals surface area contributed by atoms with Gasteiger partial charge in [0.15, 0.2) is 5.96 Å². The number of hydrogen-bond donors (Lipinski definition) is 4. The van der Waals surface area contributed by atoms with Crippen LogP contribution >= 0.6 is 0 Å². The second-order valence-corrected chi connectivity index (χ2v) is 9.12. The minimum Gasteiger partial charge on any atom is -0.480 e. The molecule has 2 heterocycles. The molecule has 11 nitrogen and oxygen atoms in total. The maximum absolute atomic E-state index is 12.7. The van der Waals surface area contributed by atoms with E-state index in [4.69, 9.17) is 4.74 Å². The monoisotopic (exact) mass is 488 g/mol. The molecule has 0 unspecified atom stereocenters. The van der Waals surface area contributed by atoms with Gasteiger partial charge < -0.3 is 35.6 Å². The number of alkyl carbamates (subject to hydrolysis) is 1. The average molecular weight is 489 g/mol. The molecule has 4 N–H and O–H groups in total. The smallest absolute Gasteiger partial charge is 0.407 e. The number of guanidine groups is 1. The molecule has 2 amide bonds. The topological polar surface area (TPSA) is 136 Å². The van der Waals surface area contributed by atoms with Crippen LogP contribution in [-0.2, 0) is 14.3 Å². The van der Waals surface area contributed by atoms with Gasteiger partial charge in [0.1, 0.15) is 6.04 Å². The quantitative estimate of drug-likeness (QED) is 0.413. The van der Waals surface area contributed by atoms with E-state index in [1.54, 1.807) is 4.90 Å². The molecule has 11 heteroatoms. The van der Waals surface area contributed by atoms with E-state index in [9.17, 15) is 19.5 Å². The third-order valence-corrected chi connectivity index (χ3v) is 5.79. The van der Waals surface area contributed by atoms with E-state index in [0.29, 0.717) is 26.2 Å². The summed E-state index contributed by atoms with van der Waals surface area (Å²) in [6, 6.07) is 6.92. The molecule has 2 aliphatic rings. The molecule has 35 heavy (non-hydrogen) atoms. The third kappa shape index (κ3) is 8.34. The Morgan fingerprint density at radius 3 is 2.63 bits per heavy atom. The Balaban J connectivity index is 1.45. The van der Waals surface area contributed by atoms with Crippen LogP contribution < -0.4 is 20.9 Å². The molecule has 192 valence electrons. The molecule has 0 radical (unpaired) electrons. The molecule has 1 saturated heterocycles. The van der Waals surface area contributed by atoms with Crippen molar-refractivity contribution in [3.8, 4) is 0 Å². The van der Waals surface area contributed by atoms with Crippen LogP contribution in [0.15, 0.2) is 29.3 Å². The fourth-order valence-electron chi connectivity index (χ4n) is 3.86. The standard InChI is InChI=1S/C24H36N6O5/c1-17(2)16-35-24(34)28-20(22(32)33)7-8-21(31)30-13-11-29(12-14-30)19-6-3-5-18(15-19)27-23-25-9-4-10-26-23/h3,5-6,15,17,20H,4,7-14,16H2,1-2H3,(H,28,34)(H,32,33)(H2,25,26,27)/t20-/m0/s1. The van der Waals surface area contributed by atoms with Gasteiger partial charge in [0.2, 0.25) is 5.91 Å². The van der Waals surface area contributed by atoms with Crippen molar-refractivity contribution in [1.29, 1.82) is 0 Å². The number of piperazine rings is 1. The van der Waals surface area contributed by atoms with Crippen molar-refractivity contribution in [2.75, 3.05) is 56.1 Å². The number of carbonyl (C=O) groups excluding carboxylic acids is 2. The van der Waals surface area contributed by atoms with Crippen LogP contribution in [0.1, 0.15) is 33.1 Å². The number of benzene rings is 1. The number of carbonyl (C=O) groups is 3. The van der Waals surface area contributed by atoms with Gasteiger partial charge in [-0.05, 0) is 37.0 Å². The van der Waals surface area contributed by atoms with Crippen LogP contribution in [0.25, 0.3) is 0 Å². The summed E-state index contributed by atoms with van der Waals surface area (Å²) in [5.41, 5.74) is 2.02. The highest BCUT2D eigenvalue weighted by atomic mass is 16.5. The van der Waals surface area contributed by atoms with Crippen LogP contribution in [0.2, 0.25) is 0 Å². The van der Waals surface area contributed by atoms with Gasteiger partial charge >= 0.3 is 12.1 Å². The highest BCUT2D eigenvalue weighted by Crippen LogP contribution is 2.21. The number of hydrogen-bond acceptors (Lipinski definition) is 8. The average Bonchev–Trinajstić information content (AvgIpc) is 2.86. The lowest BCUT2D eigenvalue weighted by molar-refractivity contribution is -0.140. The van der Waals surface area contributed by atoms with Crippen LogP contribution in [0.5, 0.6) is 0 Å². The lowest BCUT2D eigenvalue weighted by Crippen LogP contribution is -2.49. The number of amides is 2. The normalized spacial score (nSPS) is 16.7. The highest BCUT2D eigenvalue weighted by Gasteiger charge is 2.25. The molecule has 0 saturated carbocycles. The third-order valence-electron chi connectivity index (χ3n) is 5.79. The molecular weight excluding hydrogens is 452 g/mol. The Kier molecular flexibility index (Phi) is 9.56. The molecule has 0 spiro atoms. The first-order valence-corrected chi connectivity index (χ1v) is 12.2. The summed E-state index contributed by atoms with van der Waals surface area (Å²) in [4.78, 5) is 44.4. The molecule has 2 aliphatic heterocycles. The molecule has 0 bridgehead atoms. The fourth-order valence-corrected chi connectivity index (χ4v) is 3.86. The van der Waals surface area contributed by atoms with Gasteiger partial charge in [-0.1, -0.05) is 19.9 Å². The number of nitrogens with one attached hydrogen (secondary N) is 3. The first-order chi connectivity index (χ1) is 16.8.